The average molecular weight is 425 g/mol. The fourth-order valence-corrected chi connectivity index (χ4v) is 4.08. The second-order valence-corrected chi connectivity index (χ2v) is 9.65. The van der Waals surface area contributed by atoms with Crippen LogP contribution in [-0.4, -0.2) is 40.1 Å². The molecule has 168 valence electrons. The summed E-state index contributed by atoms with van der Waals surface area (Å²) in [5.74, 6) is 1.61. The normalized spacial score (nSPS) is 16.6. The molecule has 6 nitrogen and oxygen atoms in total. The van der Waals surface area contributed by atoms with Crippen molar-refractivity contribution in [2.75, 3.05) is 18.0 Å². The quantitative estimate of drug-likeness (QED) is 0.603. The van der Waals surface area contributed by atoms with Gasteiger partial charge in [-0.3, -0.25) is 4.79 Å². The summed E-state index contributed by atoms with van der Waals surface area (Å²) in [6.07, 6.45) is 1.38. The zero-order valence-corrected chi connectivity index (χ0v) is 18.6. The molecule has 1 saturated heterocycles. The molecule has 1 aromatic heterocycles. The molecule has 31 heavy (non-hydrogen) atoms. The number of amides is 1. The van der Waals surface area contributed by atoms with Crippen molar-refractivity contribution in [3.8, 4) is 17.1 Å². The fourth-order valence-electron chi connectivity index (χ4n) is 4.08. The van der Waals surface area contributed by atoms with E-state index in [-0.39, 0.29) is 27.4 Å². The first-order chi connectivity index (χ1) is 14.7. The van der Waals surface area contributed by atoms with Crippen LogP contribution in [0.2, 0.25) is 0 Å². The number of aromatic hydroxyl groups is 1. The maximum Gasteiger partial charge on any atom is 0.220 e. The fraction of sp³-hybridized carbons (Fsp3) is 0.400. The van der Waals surface area contributed by atoms with Gasteiger partial charge in [0, 0.05) is 35.2 Å². The molecule has 2 N–H and O–H groups in total. The van der Waals surface area contributed by atoms with E-state index in [1.807, 2.05) is 25.1 Å². The van der Waals surface area contributed by atoms with E-state index in [4.69, 9.17) is 9.97 Å². The molecule has 0 radical (unpaired) electrons. The standard InChI is InChI=1S/C25H30N4O2.3H2/c1-16-9-10-18-20(13-16)27-23(19-7-5-6-8-21(19)30)28-24(18)29-12-11-17(15-29)26-22(31)14-25(2,3)4;;;/h5-10,13,17,30H,11-12,14-15H2,1-4H3,(H,26,31);3*1H/t17-;;;/m1.../s1. The van der Waals surface area contributed by atoms with Gasteiger partial charge in [-0.15, -0.1) is 0 Å². The summed E-state index contributed by atoms with van der Waals surface area (Å²) in [5.41, 5.74) is 2.55. The Balaban J connectivity index is 0.00000193. The molecule has 0 unspecified atom stereocenters. The molecule has 0 saturated carbocycles. The Bertz CT molecular complexity index is 1130. The first kappa shape index (κ1) is 21.1. The van der Waals surface area contributed by atoms with Crippen LogP contribution in [0.1, 0.15) is 43.5 Å². The number of nitrogens with one attached hydrogen (secondary N) is 1. The average Bonchev–Trinajstić information content (AvgIpc) is 3.13. The summed E-state index contributed by atoms with van der Waals surface area (Å²) in [5, 5.41) is 14.5. The highest BCUT2D eigenvalue weighted by Crippen LogP contribution is 2.33. The van der Waals surface area contributed by atoms with Crippen molar-refractivity contribution >= 4 is 22.6 Å². The smallest absolute Gasteiger partial charge is 0.220 e. The summed E-state index contributed by atoms with van der Waals surface area (Å²) in [7, 11) is 0. The van der Waals surface area contributed by atoms with E-state index >= 15 is 0 Å². The Morgan fingerprint density at radius 2 is 2.00 bits per heavy atom. The maximum atomic E-state index is 12.4. The van der Waals surface area contributed by atoms with Gasteiger partial charge in [-0.25, -0.2) is 9.97 Å². The lowest BCUT2D eigenvalue weighted by molar-refractivity contribution is -0.123. The second kappa shape index (κ2) is 8.17. The number of carbonyl (C=O) groups is 1. The van der Waals surface area contributed by atoms with E-state index in [1.54, 1.807) is 12.1 Å². The Morgan fingerprint density at radius 3 is 2.74 bits per heavy atom. The first-order valence-electron chi connectivity index (χ1n) is 10.8. The van der Waals surface area contributed by atoms with E-state index in [9.17, 15) is 9.90 Å². The number of para-hydroxylation sites is 1. The number of anilines is 1. The third-order valence-corrected chi connectivity index (χ3v) is 5.52. The predicted molar refractivity (Wildman–Crippen MR) is 131 cm³/mol. The number of rotatable bonds is 4. The summed E-state index contributed by atoms with van der Waals surface area (Å²) >= 11 is 0. The highest BCUT2D eigenvalue weighted by Gasteiger charge is 2.28. The van der Waals surface area contributed by atoms with Crippen molar-refractivity contribution in [2.45, 2.75) is 46.6 Å². The molecule has 4 rings (SSSR count). The van der Waals surface area contributed by atoms with Crippen molar-refractivity contribution < 1.29 is 14.2 Å². The molecular weight excluding hydrogens is 388 g/mol. The van der Waals surface area contributed by atoms with Gasteiger partial charge in [0.15, 0.2) is 5.82 Å². The van der Waals surface area contributed by atoms with Crippen molar-refractivity contribution in [3.63, 3.8) is 0 Å². The Kier molecular flexibility index (Phi) is 5.56. The minimum absolute atomic E-state index is 0. The number of phenolic OH excluding ortho intramolecular Hbond substituents is 1. The SMILES string of the molecule is Cc1ccc2c(N3CC[C@@H](NC(=O)CC(C)(C)C)C3)nc(-c3ccccc3O)nc2c1.[HH].[HH].[HH]. The molecule has 0 bridgehead atoms. The van der Waals surface area contributed by atoms with E-state index in [0.29, 0.717) is 24.4 Å². The molecule has 6 heteroatoms. The van der Waals surface area contributed by atoms with Crippen LogP contribution in [0.5, 0.6) is 5.75 Å². The third-order valence-electron chi connectivity index (χ3n) is 5.52. The van der Waals surface area contributed by atoms with Crippen LogP contribution >= 0.6 is 0 Å². The molecule has 2 heterocycles. The van der Waals surface area contributed by atoms with Gasteiger partial charge in [0.05, 0.1) is 11.1 Å². The van der Waals surface area contributed by atoms with Gasteiger partial charge in [-0.2, -0.15) is 0 Å². The highest BCUT2D eigenvalue weighted by molar-refractivity contribution is 5.92. The summed E-state index contributed by atoms with van der Waals surface area (Å²) < 4.78 is 0. The Labute approximate surface area is 187 Å². The van der Waals surface area contributed by atoms with Gasteiger partial charge in [-0.1, -0.05) is 39.0 Å². The van der Waals surface area contributed by atoms with E-state index < -0.39 is 0 Å². The Hall–Kier alpha value is -3.15. The van der Waals surface area contributed by atoms with Crippen LogP contribution in [0.3, 0.4) is 0 Å². The van der Waals surface area contributed by atoms with Gasteiger partial charge in [0.1, 0.15) is 11.6 Å². The number of fused-ring (bicyclic) bond motifs is 1. The summed E-state index contributed by atoms with van der Waals surface area (Å²) in [6, 6.07) is 13.4. The molecule has 1 amide bonds. The van der Waals surface area contributed by atoms with E-state index in [0.717, 1.165) is 35.2 Å². The topological polar surface area (TPSA) is 78.4 Å². The van der Waals surface area contributed by atoms with Crippen molar-refractivity contribution in [1.82, 2.24) is 15.3 Å². The molecule has 1 aliphatic heterocycles. The molecule has 0 aliphatic carbocycles. The molecule has 2 aromatic carbocycles. The highest BCUT2D eigenvalue weighted by atomic mass is 16.3. The lowest BCUT2D eigenvalue weighted by Crippen LogP contribution is -2.38. The van der Waals surface area contributed by atoms with Crippen LogP contribution in [0.15, 0.2) is 42.5 Å². The van der Waals surface area contributed by atoms with Crippen LogP contribution in [0.25, 0.3) is 22.3 Å². The maximum absolute atomic E-state index is 12.4. The number of nitrogens with zero attached hydrogens (tertiary/aromatic N) is 3. The molecule has 1 atom stereocenters. The largest absolute Gasteiger partial charge is 0.507 e. The monoisotopic (exact) mass is 424 g/mol. The van der Waals surface area contributed by atoms with Crippen LogP contribution in [0.4, 0.5) is 5.82 Å². The number of hydrogen-bond donors (Lipinski definition) is 2. The summed E-state index contributed by atoms with van der Waals surface area (Å²) in [6.45, 7) is 9.77. The van der Waals surface area contributed by atoms with E-state index in [2.05, 4.69) is 43.1 Å². The van der Waals surface area contributed by atoms with Crippen molar-refractivity contribution in [2.24, 2.45) is 5.41 Å². The Morgan fingerprint density at radius 1 is 1.23 bits per heavy atom. The minimum atomic E-state index is -0.0321. The lowest BCUT2D eigenvalue weighted by atomic mass is 9.92. The van der Waals surface area contributed by atoms with Gasteiger partial charge in [-0.05, 0) is 48.6 Å². The minimum Gasteiger partial charge on any atom is -0.507 e. The van der Waals surface area contributed by atoms with Crippen LogP contribution in [0, 0.1) is 12.3 Å². The number of phenols is 1. The van der Waals surface area contributed by atoms with Crippen molar-refractivity contribution in [3.05, 3.63) is 48.0 Å². The first-order valence-corrected chi connectivity index (χ1v) is 10.8. The van der Waals surface area contributed by atoms with Crippen LogP contribution in [-0.2, 0) is 4.79 Å². The van der Waals surface area contributed by atoms with Gasteiger partial charge in [0.2, 0.25) is 5.91 Å². The molecule has 1 fully saturated rings. The molecule has 1 aliphatic rings. The van der Waals surface area contributed by atoms with E-state index in [1.165, 1.54) is 0 Å². The predicted octanol–water partition coefficient (Wildman–Crippen LogP) is 5.18. The zero-order chi connectivity index (χ0) is 22.2. The number of aryl methyl sites for hydroxylation is 1. The number of aromatic nitrogens is 2. The zero-order valence-electron chi connectivity index (χ0n) is 18.6. The summed E-state index contributed by atoms with van der Waals surface area (Å²) in [4.78, 5) is 24.2. The van der Waals surface area contributed by atoms with Crippen LogP contribution < -0.4 is 10.2 Å². The molecule has 0 spiro atoms. The van der Waals surface area contributed by atoms with Gasteiger partial charge < -0.3 is 15.3 Å². The lowest BCUT2D eigenvalue weighted by Gasteiger charge is -2.22. The number of carbonyl (C=O) groups excluding carboxylic acids is 1. The van der Waals surface area contributed by atoms with Gasteiger partial charge >= 0.3 is 0 Å². The third kappa shape index (κ3) is 4.79. The number of benzene rings is 2. The second-order valence-electron chi connectivity index (χ2n) is 9.65. The van der Waals surface area contributed by atoms with Crippen molar-refractivity contribution in [1.29, 1.82) is 0 Å². The molecular formula is C25H36N4O2. The van der Waals surface area contributed by atoms with Gasteiger partial charge in [0.25, 0.3) is 0 Å². The number of hydrogen-bond acceptors (Lipinski definition) is 5. The molecule has 3 aromatic rings.